The highest BCUT2D eigenvalue weighted by Gasteiger charge is 2.41. The summed E-state index contributed by atoms with van der Waals surface area (Å²) >= 11 is 0. The van der Waals surface area contributed by atoms with Crippen molar-refractivity contribution in [2.24, 2.45) is 4.99 Å². The number of sulfonamides is 1. The van der Waals surface area contributed by atoms with Crippen LogP contribution in [0.2, 0.25) is 0 Å². The topological polar surface area (TPSA) is 85.3 Å². The van der Waals surface area contributed by atoms with Gasteiger partial charge >= 0.3 is 0 Å². The quantitative estimate of drug-likeness (QED) is 0.342. The number of nitrogens with one attached hydrogen (secondary N) is 1. The van der Waals surface area contributed by atoms with Gasteiger partial charge in [0.05, 0.1) is 18.3 Å². The largest absolute Gasteiger partial charge is 0.355 e. The molecular weight excluding hydrogens is 481 g/mol. The molecule has 2 aliphatic heterocycles. The number of halogens is 1. The number of aliphatic imine (C=N–C) groups is 1. The van der Waals surface area contributed by atoms with Crippen LogP contribution in [0.1, 0.15) is 40.5 Å². The summed E-state index contributed by atoms with van der Waals surface area (Å²) in [6, 6.07) is 0.0823. The summed E-state index contributed by atoms with van der Waals surface area (Å²) in [7, 11) is -1.50. The molecule has 0 spiro atoms. The first kappa shape index (κ1) is 24.4. The van der Waals surface area contributed by atoms with Crippen LogP contribution in [0.5, 0.6) is 0 Å². The fourth-order valence-electron chi connectivity index (χ4n) is 4.30. The molecule has 0 bridgehead atoms. The van der Waals surface area contributed by atoms with Gasteiger partial charge in [0.15, 0.2) is 5.96 Å². The molecular formula is C17H34IN5O3S. The van der Waals surface area contributed by atoms with Crippen LogP contribution >= 0.6 is 24.0 Å². The highest BCUT2D eigenvalue weighted by Crippen LogP contribution is 2.25. The molecule has 0 aromatic carbocycles. The maximum absolute atomic E-state index is 12.6. The summed E-state index contributed by atoms with van der Waals surface area (Å²) < 4.78 is 25.3. The van der Waals surface area contributed by atoms with Crippen molar-refractivity contribution in [2.75, 3.05) is 39.5 Å². The van der Waals surface area contributed by atoms with Crippen molar-refractivity contribution in [3.05, 3.63) is 0 Å². The Bertz CT molecular complexity index is 665. The molecule has 0 saturated carbocycles. The number of carbonyl (C=O) groups is 1. The summed E-state index contributed by atoms with van der Waals surface area (Å²) in [6.07, 6.45) is 2.96. The van der Waals surface area contributed by atoms with Gasteiger partial charge in [-0.25, -0.2) is 8.42 Å². The summed E-state index contributed by atoms with van der Waals surface area (Å²) in [4.78, 5) is 20.9. The lowest BCUT2D eigenvalue weighted by atomic mass is 9.96. The molecule has 10 heteroatoms. The van der Waals surface area contributed by atoms with E-state index in [1.807, 2.05) is 23.6 Å². The Morgan fingerprint density at radius 3 is 2.48 bits per heavy atom. The third-order valence-electron chi connectivity index (χ3n) is 5.10. The van der Waals surface area contributed by atoms with E-state index in [1.165, 1.54) is 6.26 Å². The average Bonchev–Trinajstić information content (AvgIpc) is 2.94. The van der Waals surface area contributed by atoms with Crippen LogP contribution in [0.3, 0.4) is 0 Å². The van der Waals surface area contributed by atoms with Crippen LogP contribution in [0.25, 0.3) is 0 Å². The smallest absolute Gasteiger partial charge is 0.242 e. The third-order valence-corrected chi connectivity index (χ3v) is 6.43. The van der Waals surface area contributed by atoms with Crippen molar-refractivity contribution >= 4 is 45.9 Å². The van der Waals surface area contributed by atoms with Gasteiger partial charge in [-0.3, -0.25) is 9.79 Å². The molecule has 2 fully saturated rings. The Kier molecular flexibility index (Phi) is 8.37. The number of carbonyl (C=O) groups excluding carboxylic acids is 1. The van der Waals surface area contributed by atoms with Crippen molar-refractivity contribution in [2.45, 2.75) is 58.2 Å². The van der Waals surface area contributed by atoms with Crippen molar-refractivity contribution in [3.8, 4) is 0 Å². The molecule has 2 aliphatic rings. The predicted molar refractivity (Wildman–Crippen MR) is 119 cm³/mol. The Hall–Kier alpha value is -0.620. The number of hydrogen-bond acceptors (Lipinski definition) is 4. The highest BCUT2D eigenvalue weighted by atomic mass is 127. The SMILES string of the molecule is CN=C(NC[C@H]1CCCN1S(C)(=O)=O)N1CC(=O)N(C(C)C)C(C)(C)C1.I. The van der Waals surface area contributed by atoms with E-state index < -0.39 is 10.0 Å². The van der Waals surface area contributed by atoms with Gasteiger partial charge in [0.1, 0.15) is 0 Å². The molecule has 2 rings (SSSR count). The molecule has 8 nitrogen and oxygen atoms in total. The predicted octanol–water partition coefficient (Wildman–Crippen LogP) is 0.935. The minimum atomic E-state index is -3.20. The van der Waals surface area contributed by atoms with E-state index in [4.69, 9.17) is 0 Å². The third kappa shape index (κ3) is 5.69. The molecule has 1 atom stereocenters. The van der Waals surface area contributed by atoms with Crippen LogP contribution < -0.4 is 5.32 Å². The van der Waals surface area contributed by atoms with Crippen molar-refractivity contribution in [3.63, 3.8) is 0 Å². The van der Waals surface area contributed by atoms with Crippen LogP contribution in [0, 0.1) is 0 Å². The number of guanidine groups is 1. The summed E-state index contributed by atoms with van der Waals surface area (Å²) in [6.45, 7) is 10.2. The molecule has 2 heterocycles. The van der Waals surface area contributed by atoms with Gasteiger partial charge in [-0.15, -0.1) is 24.0 Å². The fraction of sp³-hybridized carbons (Fsp3) is 0.882. The van der Waals surface area contributed by atoms with E-state index >= 15 is 0 Å². The Balaban J connectivity index is 0.00000364. The van der Waals surface area contributed by atoms with Gasteiger partial charge in [0, 0.05) is 38.8 Å². The Morgan fingerprint density at radius 2 is 2.00 bits per heavy atom. The van der Waals surface area contributed by atoms with E-state index in [-0.39, 0.29) is 54.1 Å². The summed E-state index contributed by atoms with van der Waals surface area (Å²) in [5.41, 5.74) is -0.298. The second kappa shape index (κ2) is 9.25. The maximum Gasteiger partial charge on any atom is 0.242 e. The first-order chi connectivity index (χ1) is 12.0. The van der Waals surface area contributed by atoms with Crippen LogP contribution in [0.4, 0.5) is 0 Å². The van der Waals surface area contributed by atoms with Gasteiger partial charge in [0.25, 0.3) is 0 Å². The zero-order chi connectivity index (χ0) is 19.7. The lowest BCUT2D eigenvalue weighted by molar-refractivity contribution is -0.145. The maximum atomic E-state index is 12.6. The van der Waals surface area contributed by atoms with E-state index in [0.29, 0.717) is 25.6 Å². The number of rotatable bonds is 4. The fourth-order valence-corrected chi connectivity index (χ4v) is 5.49. The lowest BCUT2D eigenvalue weighted by Gasteiger charge is -2.49. The molecule has 0 aromatic heterocycles. The first-order valence-corrected chi connectivity index (χ1v) is 11.1. The zero-order valence-corrected chi connectivity index (χ0v) is 20.4. The van der Waals surface area contributed by atoms with E-state index in [1.54, 1.807) is 11.4 Å². The minimum Gasteiger partial charge on any atom is -0.355 e. The van der Waals surface area contributed by atoms with Gasteiger partial charge in [-0.2, -0.15) is 4.31 Å². The normalized spacial score (nSPS) is 24.3. The summed E-state index contributed by atoms with van der Waals surface area (Å²) in [5.74, 6) is 0.730. The molecule has 158 valence electrons. The van der Waals surface area contributed by atoms with E-state index in [9.17, 15) is 13.2 Å². The second-order valence-corrected chi connectivity index (χ2v) is 10.1. The van der Waals surface area contributed by atoms with Gasteiger partial charge in [-0.05, 0) is 40.5 Å². The van der Waals surface area contributed by atoms with Crippen molar-refractivity contribution < 1.29 is 13.2 Å². The zero-order valence-electron chi connectivity index (χ0n) is 17.2. The summed E-state index contributed by atoms with van der Waals surface area (Å²) in [5, 5.41) is 3.28. The molecule has 0 radical (unpaired) electrons. The van der Waals surface area contributed by atoms with Crippen LogP contribution in [-0.4, -0.2) is 91.5 Å². The Morgan fingerprint density at radius 1 is 1.37 bits per heavy atom. The number of nitrogens with zero attached hydrogens (tertiary/aromatic N) is 4. The number of amides is 1. The van der Waals surface area contributed by atoms with E-state index in [2.05, 4.69) is 24.2 Å². The van der Waals surface area contributed by atoms with Gasteiger partial charge < -0.3 is 15.1 Å². The average molecular weight is 515 g/mol. The molecule has 2 saturated heterocycles. The standard InChI is InChI=1S/C17H33N5O3S.HI/c1-13(2)22-15(23)11-20(12-17(22,3)4)16(18-5)19-10-14-8-7-9-21(14)26(6,24)25;/h13-14H,7-12H2,1-6H3,(H,18,19);1H/t14-;/m1./s1. The molecule has 0 unspecified atom stereocenters. The number of hydrogen-bond donors (Lipinski definition) is 1. The number of piperazine rings is 1. The lowest BCUT2D eigenvalue weighted by Crippen LogP contribution is -2.66. The molecule has 0 aromatic rings. The highest BCUT2D eigenvalue weighted by molar-refractivity contribution is 14.0. The van der Waals surface area contributed by atoms with Gasteiger partial charge in [0.2, 0.25) is 15.9 Å². The Labute approximate surface area is 180 Å². The monoisotopic (exact) mass is 515 g/mol. The molecule has 1 N–H and O–H groups in total. The van der Waals surface area contributed by atoms with Crippen LogP contribution in [0.15, 0.2) is 4.99 Å². The first-order valence-electron chi connectivity index (χ1n) is 9.22. The molecule has 1 amide bonds. The van der Waals surface area contributed by atoms with Crippen molar-refractivity contribution in [1.29, 1.82) is 0 Å². The molecule has 0 aliphatic carbocycles. The second-order valence-electron chi connectivity index (χ2n) is 8.12. The van der Waals surface area contributed by atoms with Gasteiger partial charge in [-0.1, -0.05) is 0 Å². The molecule has 27 heavy (non-hydrogen) atoms. The van der Waals surface area contributed by atoms with Crippen LogP contribution in [-0.2, 0) is 14.8 Å². The van der Waals surface area contributed by atoms with Crippen molar-refractivity contribution in [1.82, 2.24) is 19.4 Å². The minimum absolute atomic E-state index is 0. The van der Waals surface area contributed by atoms with E-state index in [0.717, 1.165) is 12.8 Å².